The molecule has 0 amide bonds. The van der Waals surface area contributed by atoms with Gasteiger partial charge in [0, 0.05) is 13.0 Å². The number of carbonyl (C=O) groups is 1. The monoisotopic (exact) mass is 248 g/mol. The average Bonchev–Trinajstić information content (AvgIpc) is 2.39. The Hall–Kier alpha value is -1.35. The van der Waals surface area contributed by atoms with Crippen LogP contribution in [0.4, 0.5) is 0 Å². The first kappa shape index (κ1) is 13.1. The van der Waals surface area contributed by atoms with Crippen LogP contribution in [0.1, 0.15) is 32.3 Å². The van der Waals surface area contributed by atoms with Crippen molar-refractivity contribution in [2.24, 2.45) is 0 Å². The molecule has 18 heavy (non-hydrogen) atoms. The van der Waals surface area contributed by atoms with Crippen LogP contribution in [0.25, 0.3) is 0 Å². The van der Waals surface area contributed by atoms with Gasteiger partial charge >= 0.3 is 0 Å². The molecule has 98 valence electrons. The number of aryl methyl sites for hydroxylation is 1. The maximum Gasteiger partial charge on any atom is 0.169 e. The predicted molar refractivity (Wildman–Crippen MR) is 69.9 cm³/mol. The van der Waals surface area contributed by atoms with Gasteiger partial charge in [-0.2, -0.15) is 0 Å². The molecule has 0 saturated heterocycles. The Morgan fingerprint density at radius 2 is 1.94 bits per heavy atom. The number of rotatable bonds is 6. The highest BCUT2D eigenvalue weighted by Crippen LogP contribution is 2.26. The summed E-state index contributed by atoms with van der Waals surface area (Å²) in [6.45, 7) is 4.77. The van der Waals surface area contributed by atoms with Crippen LogP contribution >= 0.6 is 0 Å². The average molecular weight is 248 g/mol. The summed E-state index contributed by atoms with van der Waals surface area (Å²) >= 11 is 0. The molecular weight excluding hydrogens is 228 g/mol. The van der Waals surface area contributed by atoms with Gasteiger partial charge in [0.05, 0.1) is 0 Å². The van der Waals surface area contributed by atoms with Crippen molar-refractivity contribution in [2.45, 2.75) is 45.3 Å². The van der Waals surface area contributed by atoms with Crippen LogP contribution in [-0.2, 0) is 16.0 Å². The van der Waals surface area contributed by atoms with E-state index < -0.39 is 0 Å². The quantitative estimate of drug-likeness (QED) is 0.776. The van der Waals surface area contributed by atoms with Crippen molar-refractivity contribution in [1.82, 2.24) is 0 Å². The van der Waals surface area contributed by atoms with Crippen molar-refractivity contribution < 1.29 is 14.3 Å². The van der Waals surface area contributed by atoms with Crippen LogP contribution in [0.3, 0.4) is 0 Å². The molecule has 0 spiro atoms. The molecule has 2 unspecified atom stereocenters. The second kappa shape index (κ2) is 6.01. The fourth-order valence-corrected chi connectivity index (χ4v) is 2.00. The third kappa shape index (κ3) is 2.91. The Bertz CT molecular complexity index is 397. The summed E-state index contributed by atoms with van der Waals surface area (Å²) in [5.74, 6) is 0.966. The molecule has 0 N–H and O–H groups in total. The Morgan fingerprint density at radius 3 is 2.50 bits per heavy atom. The summed E-state index contributed by atoms with van der Waals surface area (Å²) in [5, 5.41) is 0. The summed E-state index contributed by atoms with van der Waals surface area (Å²) in [4.78, 5) is 11.4. The Balaban J connectivity index is 1.90. The molecule has 1 aliphatic rings. The Kier molecular flexibility index (Phi) is 4.37. The van der Waals surface area contributed by atoms with Gasteiger partial charge in [-0.3, -0.25) is 4.79 Å². The molecule has 1 fully saturated rings. The zero-order valence-corrected chi connectivity index (χ0v) is 11.0. The highest BCUT2D eigenvalue weighted by Gasteiger charge is 2.42. The van der Waals surface area contributed by atoms with Gasteiger partial charge < -0.3 is 9.47 Å². The topological polar surface area (TPSA) is 35.5 Å². The highest BCUT2D eigenvalue weighted by atomic mass is 16.5. The fraction of sp³-hybridized carbons (Fsp3) is 0.533. The molecule has 2 rings (SSSR count). The number of benzene rings is 1. The van der Waals surface area contributed by atoms with E-state index in [0.717, 1.165) is 18.6 Å². The number of hydrogen-bond donors (Lipinski definition) is 0. The van der Waals surface area contributed by atoms with Gasteiger partial charge in [-0.25, -0.2) is 0 Å². The maximum absolute atomic E-state index is 11.4. The van der Waals surface area contributed by atoms with Gasteiger partial charge in [0.25, 0.3) is 0 Å². The minimum atomic E-state index is -0.365. The molecule has 3 nitrogen and oxygen atoms in total. The second-order valence-electron chi connectivity index (χ2n) is 4.62. The second-order valence-corrected chi connectivity index (χ2v) is 4.62. The van der Waals surface area contributed by atoms with Crippen LogP contribution in [0.15, 0.2) is 24.3 Å². The van der Waals surface area contributed by atoms with E-state index in [2.05, 4.69) is 19.1 Å². The first-order chi connectivity index (χ1) is 8.74. The standard InChI is InChI=1S/C15H20O3/c1-3-9-17-15-13(16)10-14(15)18-12-7-5-11(4-2)6-8-12/h5-8,14-15H,3-4,9-10H2,1-2H3. The number of hydrogen-bond acceptors (Lipinski definition) is 3. The van der Waals surface area contributed by atoms with Crippen LogP contribution in [0.5, 0.6) is 5.75 Å². The molecule has 1 aliphatic carbocycles. The van der Waals surface area contributed by atoms with Gasteiger partial charge in [0.2, 0.25) is 0 Å². The first-order valence-electron chi connectivity index (χ1n) is 6.64. The third-order valence-electron chi connectivity index (χ3n) is 3.18. The molecule has 1 saturated carbocycles. The lowest BCUT2D eigenvalue weighted by Crippen LogP contribution is -2.52. The Morgan fingerprint density at radius 1 is 1.22 bits per heavy atom. The van der Waals surface area contributed by atoms with Gasteiger partial charge in [0.15, 0.2) is 11.9 Å². The van der Waals surface area contributed by atoms with Crippen LogP contribution in [0, 0.1) is 0 Å². The lowest BCUT2D eigenvalue weighted by Gasteiger charge is -2.34. The van der Waals surface area contributed by atoms with E-state index in [0.29, 0.717) is 13.0 Å². The smallest absolute Gasteiger partial charge is 0.169 e. The first-order valence-corrected chi connectivity index (χ1v) is 6.64. The van der Waals surface area contributed by atoms with E-state index in [1.54, 1.807) is 0 Å². The van der Waals surface area contributed by atoms with E-state index in [-0.39, 0.29) is 18.0 Å². The van der Waals surface area contributed by atoms with Gasteiger partial charge in [-0.1, -0.05) is 26.0 Å². The molecule has 0 bridgehead atoms. The van der Waals surface area contributed by atoms with Crippen molar-refractivity contribution in [3.8, 4) is 5.75 Å². The van der Waals surface area contributed by atoms with Gasteiger partial charge in [-0.05, 0) is 30.5 Å². The SMILES string of the molecule is CCCOC1C(=O)CC1Oc1ccc(CC)cc1. The molecule has 0 aromatic heterocycles. The zero-order chi connectivity index (χ0) is 13.0. The van der Waals surface area contributed by atoms with Crippen molar-refractivity contribution in [2.75, 3.05) is 6.61 Å². The summed E-state index contributed by atoms with van der Waals surface area (Å²) in [5.41, 5.74) is 1.28. The number of Topliss-reactive ketones (excluding diaryl/α,β-unsaturated/α-hetero) is 1. The van der Waals surface area contributed by atoms with Crippen LogP contribution in [0.2, 0.25) is 0 Å². The lowest BCUT2D eigenvalue weighted by atomic mass is 9.90. The van der Waals surface area contributed by atoms with Gasteiger partial charge in [0.1, 0.15) is 11.9 Å². The van der Waals surface area contributed by atoms with E-state index in [9.17, 15) is 4.79 Å². The van der Waals surface area contributed by atoms with Crippen molar-refractivity contribution in [3.05, 3.63) is 29.8 Å². The van der Waals surface area contributed by atoms with Crippen molar-refractivity contribution in [1.29, 1.82) is 0 Å². The molecule has 0 radical (unpaired) electrons. The Labute approximate surface area is 108 Å². The summed E-state index contributed by atoms with van der Waals surface area (Å²) in [6, 6.07) is 8.02. The van der Waals surface area contributed by atoms with Crippen LogP contribution in [-0.4, -0.2) is 24.6 Å². The van der Waals surface area contributed by atoms with Crippen molar-refractivity contribution >= 4 is 5.78 Å². The zero-order valence-electron chi connectivity index (χ0n) is 11.0. The summed E-state index contributed by atoms with van der Waals surface area (Å²) < 4.78 is 11.3. The molecule has 1 aromatic carbocycles. The fourth-order valence-electron chi connectivity index (χ4n) is 2.00. The predicted octanol–water partition coefficient (Wildman–Crippen LogP) is 2.76. The van der Waals surface area contributed by atoms with Crippen molar-refractivity contribution in [3.63, 3.8) is 0 Å². The molecule has 0 aliphatic heterocycles. The highest BCUT2D eigenvalue weighted by molar-refractivity contribution is 5.90. The van der Waals surface area contributed by atoms with Crippen LogP contribution < -0.4 is 4.74 Å². The molecule has 1 aromatic rings. The molecular formula is C15H20O3. The normalized spacial score (nSPS) is 22.7. The van der Waals surface area contributed by atoms with E-state index in [1.807, 2.05) is 19.1 Å². The number of carbonyl (C=O) groups excluding carboxylic acids is 1. The van der Waals surface area contributed by atoms with E-state index >= 15 is 0 Å². The summed E-state index contributed by atoms with van der Waals surface area (Å²) in [6.07, 6.45) is 1.92. The number of ether oxygens (including phenoxy) is 2. The maximum atomic E-state index is 11.4. The lowest BCUT2D eigenvalue weighted by molar-refractivity contribution is -0.154. The molecule has 3 heteroatoms. The molecule has 0 heterocycles. The van der Waals surface area contributed by atoms with E-state index in [1.165, 1.54) is 5.56 Å². The molecule has 2 atom stereocenters. The summed E-state index contributed by atoms with van der Waals surface area (Å²) in [7, 11) is 0. The minimum Gasteiger partial charge on any atom is -0.487 e. The van der Waals surface area contributed by atoms with E-state index in [4.69, 9.17) is 9.47 Å². The number of ketones is 1. The largest absolute Gasteiger partial charge is 0.487 e. The minimum absolute atomic E-state index is 0.114. The third-order valence-corrected chi connectivity index (χ3v) is 3.18. The van der Waals surface area contributed by atoms with Gasteiger partial charge in [-0.15, -0.1) is 0 Å².